The van der Waals surface area contributed by atoms with Crippen molar-refractivity contribution in [3.05, 3.63) is 55.4 Å². The molecular weight excluding hydrogens is 228 g/mol. The van der Waals surface area contributed by atoms with Gasteiger partial charge in [0.25, 0.3) is 0 Å². The van der Waals surface area contributed by atoms with E-state index in [0.29, 0.717) is 0 Å². The SMILES string of the molecule is COc1cccc(-n2ccnc2-n2ccnc2)c1. The molecule has 0 bridgehead atoms. The van der Waals surface area contributed by atoms with Gasteiger partial charge < -0.3 is 4.74 Å². The van der Waals surface area contributed by atoms with Crippen molar-refractivity contribution in [3.63, 3.8) is 0 Å². The van der Waals surface area contributed by atoms with Gasteiger partial charge in [-0.25, -0.2) is 9.97 Å². The van der Waals surface area contributed by atoms with Crippen molar-refractivity contribution >= 4 is 0 Å². The largest absolute Gasteiger partial charge is 0.497 e. The Morgan fingerprint density at radius 3 is 2.89 bits per heavy atom. The number of benzene rings is 1. The van der Waals surface area contributed by atoms with Gasteiger partial charge in [-0.1, -0.05) is 6.07 Å². The van der Waals surface area contributed by atoms with E-state index in [4.69, 9.17) is 4.74 Å². The lowest BCUT2D eigenvalue weighted by Gasteiger charge is -2.09. The second-order valence-electron chi connectivity index (χ2n) is 3.77. The van der Waals surface area contributed by atoms with E-state index in [-0.39, 0.29) is 0 Å². The van der Waals surface area contributed by atoms with Crippen molar-refractivity contribution in [2.75, 3.05) is 7.11 Å². The van der Waals surface area contributed by atoms with E-state index < -0.39 is 0 Å². The fourth-order valence-electron chi connectivity index (χ4n) is 1.83. The lowest BCUT2D eigenvalue weighted by atomic mass is 10.3. The van der Waals surface area contributed by atoms with E-state index in [2.05, 4.69) is 9.97 Å². The molecule has 2 heterocycles. The van der Waals surface area contributed by atoms with Crippen molar-refractivity contribution in [3.8, 4) is 17.4 Å². The zero-order valence-corrected chi connectivity index (χ0v) is 9.89. The molecule has 0 unspecified atom stereocenters. The molecule has 0 N–H and O–H groups in total. The number of methoxy groups -OCH3 is 1. The highest BCUT2D eigenvalue weighted by molar-refractivity contribution is 5.42. The van der Waals surface area contributed by atoms with Crippen molar-refractivity contribution in [1.29, 1.82) is 0 Å². The highest BCUT2D eigenvalue weighted by Crippen LogP contribution is 2.19. The molecule has 0 aliphatic rings. The average molecular weight is 240 g/mol. The lowest BCUT2D eigenvalue weighted by Crippen LogP contribution is -2.03. The molecule has 0 aliphatic heterocycles. The van der Waals surface area contributed by atoms with Crippen LogP contribution in [-0.4, -0.2) is 26.2 Å². The number of rotatable bonds is 3. The Morgan fingerprint density at radius 2 is 2.11 bits per heavy atom. The molecule has 3 rings (SSSR count). The Kier molecular flexibility index (Phi) is 2.57. The van der Waals surface area contributed by atoms with Crippen molar-refractivity contribution < 1.29 is 4.74 Å². The molecule has 0 saturated carbocycles. The maximum absolute atomic E-state index is 5.23. The molecule has 0 amide bonds. The third kappa shape index (κ3) is 1.75. The minimum Gasteiger partial charge on any atom is -0.497 e. The number of hydrogen-bond donors (Lipinski definition) is 0. The number of hydrogen-bond acceptors (Lipinski definition) is 3. The van der Waals surface area contributed by atoms with Gasteiger partial charge >= 0.3 is 0 Å². The first kappa shape index (κ1) is 10.6. The average Bonchev–Trinajstić information content (AvgIpc) is 3.09. The summed E-state index contributed by atoms with van der Waals surface area (Å²) in [4.78, 5) is 8.37. The number of ether oxygens (including phenoxy) is 1. The quantitative estimate of drug-likeness (QED) is 0.704. The summed E-state index contributed by atoms with van der Waals surface area (Å²) in [6, 6.07) is 7.83. The first-order chi connectivity index (χ1) is 8.88. The normalized spacial score (nSPS) is 10.5. The van der Waals surface area contributed by atoms with Gasteiger partial charge in [-0.2, -0.15) is 0 Å². The molecule has 1 aromatic carbocycles. The molecule has 18 heavy (non-hydrogen) atoms. The highest BCUT2D eigenvalue weighted by atomic mass is 16.5. The topological polar surface area (TPSA) is 44.9 Å². The van der Waals surface area contributed by atoms with Crippen molar-refractivity contribution in [1.82, 2.24) is 19.1 Å². The zero-order valence-electron chi connectivity index (χ0n) is 9.89. The van der Waals surface area contributed by atoms with Crippen LogP contribution in [0.15, 0.2) is 55.4 Å². The molecule has 0 spiro atoms. The predicted octanol–water partition coefficient (Wildman–Crippen LogP) is 2.07. The fourth-order valence-corrected chi connectivity index (χ4v) is 1.83. The Bertz CT molecular complexity index is 643. The minimum absolute atomic E-state index is 0.792. The predicted molar refractivity (Wildman–Crippen MR) is 67.2 cm³/mol. The molecular formula is C13H12N4O. The monoisotopic (exact) mass is 240 g/mol. The first-order valence-electron chi connectivity index (χ1n) is 5.54. The summed E-state index contributed by atoms with van der Waals surface area (Å²) in [6.45, 7) is 0. The summed E-state index contributed by atoms with van der Waals surface area (Å²) >= 11 is 0. The summed E-state index contributed by atoms with van der Waals surface area (Å²) in [6.07, 6.45) is 8.97. The third-order valence-electron chi connectivity index (χ3n) is 2.69. The second-order valence-corrected chi connectivity index (χ2v) is 3.77. The molecule has 2 aromatic heterocycles. The smallest absolute Gasteiger partial charge is 0.219 e. The number of aromatic nitrogens is 4. The Hall–Kier alpha value is -2.56. The second kappa shape index (κ2) is 4.37. The van der Waals surface area contributed by atoms with Gasteiger partial charge in [0.2, 0.25) is 5.95 Å². The molecule has 3 aromatic rings. The molecule has 0 saturated heterocycles. The van der Waals surface area contributed by atoms with Crippen molar-refractivity contribution in [2.24, 2.45) is 0 Å². The Balaban J connectivity index is 2.10. The standard InChI is InChI=1S/C13H12N4O/c1-18-12-4-2-3-11(9-12)17-8-6-15-13(17)16-7-5-14-10-16/h2-10H,1H3. The van der Waals surface area contributed by atoms with Crippen LogP contribution in [0.5, 0.6) is 5.75 Å². The van der Waals surface area contributed by atoms with Gasteiger partial charge in [0.05, 0.1) is 12.8 Å². The van der Waals surface area contributed by atoms with E-state index in [1.165, 1.54) is 0 Å². The van der Waals surface area contributed by atoms with E-state index in [0.717, 1.165) is 17.4 Å². The highest BCUT2D eigenvalue weighted by Gasteiger charge is 2.07. The maximum atomic E-state index is 5.23. The summed E-state index contributed by atoms with van der Waals surface area (Å²) in [7, 11) is 1.66. The van der Waals surface area contributed by atoms with Gasteiger partial charge in [0, 0.05) is 30.9 Å². The third-order valence-corrected chi connectivity index (χ3v) is 2.69. The van der Waals surface area contributed by atoms with Gasteiger partial charge in [-0.3, -0.25) is 9.13 Å². The summed E-state index contributed by atoms with van der Waals surface area (Å²) in [5.41, 5.74) is 0.996. The molecule has 90 valence electrons. The van der Waals surface area contributed by atoms with E-state index in [1.807, 2.05) is 45.8 Å². The summed E-state index contributed by atoms with van der Waals surface area (Å²) in [5, 5.41) is 0. The Morgan fingerprint density at radius 1 is 1.17 bits per heavy atom. The molecule has 0 fully saturated rings. The first-order valence-corrected chi connectivity index (χ1v) is 5.54. The van der Waals surface area contributed by atoms with Gasteiger partial charge in [-0.05, 0) is 12.1 Å². The van der Waals surface area contributed by atoms with Crippen LogP contribution in [0.3, 0.4) is 0 Å². The van der Waals surface area contributed by atoms with Crippen LogP contribution in [-0.2, 0) is 0 Å². The maximum Gasteiger partial charge on any atom is 0.219 e. The van der Waals surface area contributed by atoms with Crippen LogP contribution in [0.1, 0.15) is 0 Å². The van der Waals surface area contributed by atoms with Gasteiger partial charge in [-0.15, -0.1) is 0 Å². The van der Waals surface area contributed by atoms with E-state index in [1.54, 1.807) is 25.8 Å². The molecule has 5 nitrogen and oxygen atoms in total. The Labute approximate surface area is 104 Å². The van der Waals surface area contributed by atoms with E-state index >= 15 is 0 Å². The summed E-state index contributed by atoms with van der Waals surface area (Å²) in [5.74, 6) is 1.61. The van der Waals surface area contributed by atoms with Crippen LogP contribution in [0.4, 0.5) is 0 Å². The van der Waals surface area contributed by atoms with Crippen LogP contribution >= 0.6 is 0 Å². The molecule has 0 atom stereocenters. The lowest BCUT2D eigenvalue weighted by molar-refractivity contribution is 0.414. The summed E-state index contributed by atoms with van der Waals surface area (Å²) < 4.78 is 9.07. The molecule has 0 aliphatic carbocycles. The van der Waals surface area contributed by atoms with Gasteiger partial charge in [0.15, 0.2) is 0 Å². The zero-order chi connectivity index (χ0) is 12.4. The fraction of sp³-hybridized carbons (Fsp3) is 0.0769. The van der Waals surface area contributed by atoms with Crippen molar-refractivity contribution in [2.45, 2.75) is 0 Å². The van der Waals surface area contributed by atoms with Crippen LogP contribution in [0, 0.1) is 0 Å². The molecule has 5 heteroatoms. The minimum atomic E-state index is 0.792. The van der Waals surface area contributed by atoms with Crippen LogP contribution in [0.2, 0.25) is 0 Å². The molecule has 0 radical (unpaired) electrons. The number of nitrogens with zero attached hydrogens (tertiary/aromatic N) is 4. The number of imidazole rings is 2. The van der Waals surface area contributed by atoms with Crippen LogP contribution in [0.25, 0.3) is 11.6 Å². The van der Waals surface area contributed by atoms with E-state index in [9.17, 15) is 0 Å². The van der Waals surface area contributed by atoms with Crippen LogP contribution < -0.4 is 4.74 Å². The van der Waals surface area contributed by atoms with Gasteiger partial charge in [0.1, 0.15) is 12.1 Å².